The normalized spacial score (nSPS) is 11.8. The molecule has 0 aliphatic carbocycles. The number of sulfonamides is 1. The van der Waals surface area contributed by atoms with Crippen LogP contribution in [0.5, 0.6) is 5.75 Å². The molecule has 2 amide bonds. The third-order valence-corrected chi connectivity index (χ3v) is 8.74. The molecule has 10 heteroatoms. The van der Waals surface area contributed by atoms with Crippen molar-refractivity contribution in [3.8, 4) is 5.75 Å². The van der Waals surface area contributed by atoms with Gasteiger partial charge in [-0.3, -0.25) is 13.9 Å². The predicted octanol–water partition coefficient (Wildman–Crippen LogP) is 5.20. The van der Waals surface area contributed by atoms with Crippen molar-refractivity contribution in [2.75, 3.05) is 24.0 Å². The number of nitrogens with zero attached hydrogens (tertiary/aromatic N) is 2. The molecule has 0 unspecified atom stereocenters. The van der Waals surface area contributed by atoms with Crippen LogP contribution in [0.3, 0.4) is 0 Å². The van der Waals surface area contributed by atoms with E-state index in [1.165, 1.54) is 35.2 Å². The molecule has 8 nitrogen and oxygen atoms in total. The highest BCUT2D eigenvalue weighted by Gasteiger charge is 2.35. The zero-order valence-corrected chi connectivity index (χ0v) is 25.5. The number of hydrogen-bond acceptors (Lipinski definition) is 5. The number of anilines is 1. The first-order valence-electron chi connectivity index (χ1n) is 14.4. The molecule has 1 N–H and O–H groups in total. The third-order valence-electron chi connectivity index (χ3n) is 6.96. The summed E-state index contributed by atoms with van der Waals surface area (Å²) in [5.74, 6) is -1.40. The highest BCUT2D eigenvalue weighted by molar-refractivity contribution is 7.92. The van der Waals surface area contributed by atoms with Gasteiger partial charge >= 0.3 is 0 Å². The van der Waals surface area contributed by atoms with Gasteiger partial charge in [0.05, 0.1) is 17.2 Å². The lowest BCUT2D eigenvalue weighted by molar-refractivity contribution is -0.140. The lowest BCUT2D eigenvalue weighted by atomic mass is 10.0. The van der Waals surface area contributed by atoms with E-state index in [9.17, 15) is 22.4 Å². The van der Waals surface area contributed by atoms with Crippen LogP contribution in [0.25, 0.3) is 0 Å². The van der Waals surface area contributed by atoms with Crippen LogP contribution in [0.4, 0.5) is 10.1 Å². The Morgan fingerprint density at radius 1 is 0.841 bits per heavy atom. The summed E-state index contributed by atoms with van der Waals surface area (Å²) in [7, 11) is -4.29. The zero-order valence-electron chi connectivity index (χ0n) is 24.7. The number of carbonyl (C=O) groups excluding carboxylic acids is 2. The van der Waals surface area contributed by atoms with Gasteiger partial charge in [-0.25, -0.2) is 12.8 Å². The van der Waals surface area contributed by atoms with Gasteiger partial charge in [0.2, 0.25) is 11.8 Å². The molecular weight excluding hydrogens is 581 g/mol. The Labute approximate surface area is 258 Å². The van der Waals surface area contributed by atoms with Crippen LogP contribution >= 0.6 is 0 Å². The first kappa shape index (κ1) is 32.2. The second-order valence-corrected chi connectivity index (χ2v) is 11.8. The maximum atomic E-state index is 15.0. The molecule has 4 aromatic rings. The van der Waals surface area contributed by atoms with E-state index in [2.05, 4.69) is 5.32 Å². The third kappa shape index (κ3) is 7.82. The fourth-order valence-electron chi connectivity index (χ4n) is 4.83. The average Bonchev–Trinajstić information content (AvgIpc) is 3.04. The lowest BCUT2D eigenvalue weighted by Crippen LogP contribution is -2.53. The van der Waals surface area contributed by atoms with Crippen molar-refractivity contribution in [2.45, 2.75) is 37.8 Å². The molecule has 0 fully saturated rings. The Morgan fingerprint density at radius 2 is 1.45 bits per heavy atom. The molecule has 44 heavy (non-hydrogen) atoms. The summed E-state index contributed by atoms with van der Waals surface area (Å²) < 4.78 is 49.9. The average molecular weight is 618 g/mol. The van der Waals surface area contributed by atoms with Gasteiger partial charge in [0.1, 0.15) is 24.2 Å². The number of ether oxygens (including phenoxy) is 1. The Bertz CT molecular complexity index is 1650. The predicted molar refractivity (Wildman–Crippen MR) is 168 cm³/mol. The van der Waals surface area contributed by atoms with Crippen LogP contribution in [0.1, 0.15) is 25.0 Å². The molecule has 4 rings (SSSR count). The number of hydrogen-bond donors (Lipinski definition) is 1. The van der Waals surface area contributed by atoms with Gasteiger partial charge < -0.3 is 15.0 Å². The topological polar surface area (TPSA) is 96.0 Å². The van der Waals surface area contributed by atoms with Gasteiger partial charge in [0.25, 0.3) is 10.0 Å². The number of para-hydroxylation sites is 2. The van der Waals surface area contributed by atoms with Crippen LogP contribution in [-0.4, -0.2) is 50.9 Å². The molecule has 0 saturated heterocycles. The van der Waals surface area contributed by atoms with Gasteiger partial charge in [0.15, 0.2) is 0 Å². The monoisotopic (exact) mass is 617 g/mol. The molecule has 1 atom stereocenters. The summed E-state index contributed by atoms with van der Waals surface area (Å²) in [5.41, 5.74) is 1.14. The standard InChI is InChI=1S/C34H36FN3O5S/c1-3-36-34(40)31(23-26-15-7-5-8-16-26)37(24-27-17-11-12-20-29(27)35)33(39)25-38(30-21-13-14-22-32(30)43-4-2)44(41,42)28-18-9-6-10-19-28/h5-22,31H,3-4,23-25H2,1-2H3,(H,36,40)/t31-/m0/s1. The van der Waals surface area contributed by atoms with E-state index in [1.807, 2.05) is 30.3 Å². The highest BCUT2D eigenvalue weighted by Crippen LogP contribution is 2.33. The minimum Gasteiger partial charge on any atom is -0.492 e. The SMILES string of the molecule is CCNC(=O)[C@H](Cc1ccccc1)N(Cc1ccccc1F)C(=O)CN(c1ccccc1OCC)S(=O)(=O)c1ccccc1. The Kier molecular flexibility index (Phi) is 11.1. The first-order chi connectivity index (χ1) is 21.3. The lowest BCUT2D eigenvalue weighted by Gasteiger charge is -2.34. The molecule has 0 heterocycles. The minimum atomic E-state index is -4.29. The first-order valence-corrected chi connectivity index (χ1v) is 15.8. The smallest absolute Gasteiger partial charge is 0.264 e. The van der Waals surface area contributed by atoms with Crippen molar-refractivity contribution < 1.29 is 27.1 Å². The van der Waals surface area contributed by atoms with Crippen molar-refractivity contribution in [3.05, 3.63) is 126 Å². The highest BCUT2D eigenvalue weighted by atomic mass is 32.2. The minimum absolute atomic E-state index is 0.0238. The van der Waals surface area contributed by atoms with E-state index in [-0.39, 0.29) is 41.5 Å². The summed E-state index contributed by atoms with van der Waals surface area (Å²) in [6.45, 7) is 3.18. The van der Waals surface area contributed by atoms with Gasteiger partial charge in [-0.1, -0.05) is 78.9 Å². The number of likely N-dealkylation sites (N-methyl/N-ethyl adjacent to an activating group) is 1. The van der Waals surface area contributed by atoms with Crippen molar-refractivity contribution >= 4 is 27.5 Å². The molecule has 230 valence electrons. The number of halogens is 1. The summed E-state index contributed by atoms with van der Waals surface area (Å²) in [6, 6.07) is 28.4. The molecule has 0 spiro atoms. The molecule has 0 bridgehead atoms. The Hall–Kier alpha value is -4.70. The number of nitrogens with one attached hydrogen (secondary N) is 1. The molecule has 4 aromatic carbocycles. The van der Waals surface area contributed by atoms with Crippen LogP contribution in [0.15, 0.2) is 114 Å². The molecule has 0 aliphatic rings. The van der Waals surface area contributed by atoms with E-state index < -0.39 is 40.2 Å². The van der Waals surface area contributed by atoms with Gasteiger partial charge in [-0.2, -0.15) is 0 Å². The van der Waals surface area contributed by atoms with Crippen LogP contribution in [-0.2, 0) is 32.6 Å². The second-order valence-electron chi connectivity index (χ2n) is 9.94. The summed E-state index contributed by atoms with van der Waals surface area (Å²) in [4.78, 5) is 29.2. The fourth-order valence-corrected chi connectivity index (χ4v) is 6.28. The molecule has 0 aliphatic heterocycles. The van der Waals surface area contributed by atoms with Crippen molar-refractivity contribution in [2.24, 2.45) is 0 Å². The molecule has 0 aromatic heterocycles. The van der Waals surface area contributed by atoms with E-state index in [0.29, 0.717) is 6.54 Å². The molecule has 0 saturated carbocycles. The maximum absolute atomic E-state index is 15.0. The zero-order chi connectivity index (χ0) is 31.5. The van der Waals surface area contributed by atoms with Crippen molar-refractivity contribution in [3.63, 3.8) is 0 Å². The Morgan fingerprint density at radius 3 is 2.11 bits per heavy atom. The van der Waals surface area contributed by atoms with Crippen LogP contribution in [0.2, 0.25) is 0 Å². The molecule has 0 radical (unpaired) electrons. The van der Waals surface area contributed by atoms with E-state index >= 15 is 0 Å². The fraction of sp³-hybridized carbons (Fsp3) is 0.235. The summed E-state index contributed by atoms with van der Waals surface area (Å²) >= 11 is 0. The maximum Gasteiger partial charge on any atom is 0.264 e. The van der Waals surface area contributed by atoms with Crippen LogP contribution in [0, 0.1) is 5.82 Å². The van der Waals surface area contributed by atoms with Crippen molar-refractivity contribution in [1.29, 1.82) is 0 Å². The summed E-state index contributed by atoms with van der Waals surface area (Å²) in [6.07, 6.45) is 0.133. The Balaban J connectivity index is 1.83. The van der Waals surface area contributed by atoms with Gasteiger partial charge in [-0.15, -0.1) is 0 Å². The van der Waals surface area contributed by atoms with E-state index in [0.717, 1.165) is 9.87 Å². The molecular formula is C34H36FN3O5S. The second kappa shape index (κ2) is 15.2. The number of amides is 2. The summed E-state index contributed by atoms with van der Waals surface area (Å²) in [5, 5.41) is 2.79. The largest absolute Gasteiger partial charge is 0.492 e. The number of rotatable bonds is 14. The van der Waals surface area contributed by atoms with Gasteiger partial charge in [-0.05, 0) is 49.7 Å². The number of benzene rings is 4. The van der Waals surface area contributed by atoms with E-state index in [1.54, 1.807) is 62.4 Å². The quantitative estimate of drug-likeness (QED) is 0.210. The van der Waals surface area contributed by atoms with Crippen molar-refractivity contribution in [1.82, 2.24) is 10.2 Å². The number of carbonyl (C=O) groups is 2. The van der Waals surface area contributed by atoms with E-state index in [4.69, 9.17) is 4.74 Å². The van der Waals surface area contributed by atoms with Gasteiger partial charge in [0, 0.05) is 25.1 Å². The van der Waals surface area contributed by atoms with Crippen LogP contribution < -0.4 is 14.4 Å².